The molecule has 0 radical (unpaired) electrons. The van der Waals surface area contributed by atoms with Crippen molar-refractivity contribution < 1.29 is 28.5 Å². The van der Waals surface area contributed by atoms with Gasteiger partial charge in [-0.15, -0.1) is 0 Å². The lowest BCUT2D eigenvalue weighted by molar-refractivity contribution is -0.135. The molecule has 1 saturated heterocycles. The van der Waals surface area contributed by atoms with Crippen LogP contribution in [0.15, 0.2) is 60.7 Å². The Morgan fingerprint density at radius 3 is 2.11 bits per heavy atom. The predicted molar refractivity (Wildman–Crippen MR) is 97.3 cm³/mol. The molecule has 6 nitrogen and oxygen atoms in total. The van der Waals surface area contributed by atoms with E-state index in [2.05, 4.69) is 0 Å². The Kier molecular flexibility index (Phi) is 5.88. The van der Waals surface area contributed by atoms with Crippen LogP contribution in [-0.2, 0) is 18.9 Å². The van der Waals surface area contributed by atoms with Crippen molar-refractivity contribution in [3.8, 4) is 0 Å². The summed E-state index contributed by atoms with van der Waals surface area (Å²) in [5, 5.41) is 0. The molecule has 0 aliphatic carbocycles. The number of carbonyl (C=O) groups excluding carboxylic acids is 2. The van der Waals surface area contributed by atoms with Crippen molar-refractivity contribution in [3.05, 3.63) is 71.8 Å². The molecule has 2 aromatic rings. The van der Waals surface area contributed by atoms with E-state index in [-0.39, 0.29) is 6.61 Å². The molecule has 6 heteroatoms. The summed E-state index contributed by atoms with van der Waals surface area (Å²) < 4.78 is 22.1. The summed E-state index contributed by atoms with van der Waals surface area (Å²) in [5.41, 5.74) is -0.0914. The second-order valence-corrected chi connectivity index (χ2v) is 6.53. The van der Waals surface area contributed by atoms with Gasteiger partial charge in [0.2, 0.25) is 0 Å². The lowest BCUT2D eigenvalue weighted by atomic mass is 9.97. The van der Waals surface area contributed by atoms with Crippen molar-refractivity contribution in [2.24, 2.45) is 0 Å². The van der Waals surface area contributed by atoms with Gasteiger partial charge in [0.15, 0.2) is 6.29 Å². The molecule has 1 aliphatic heterocycles. The molecule has 0 bridgehead atoms. The first-order valence-corrected chi connectivity index (χ1v) is 8.70. The van der Waals surface area contributed by atoms with Gasteiger partial charge in [-0.25, -0.2) is 9.59 Å². The summed E-state index contributed by atoms with van der Waals surface area (Å²) in [6.07, 6.45) is -0.836. The van der Waals surface area contributed by atoms with Crippen molar-refractivity contribution in [3.63, 3.8) is 0 Å². The molecule has 0 aromatic heterocycles. The maximum absolute atomic E-state index is 12.5. The molecular formula is C21H22O6. The third-order valence-corrected chi connectivity index (χ3v) is 4.54. The third kappa shape index (κ3) is 4.53. The molecule has 3 rings (SSSR count). The molecule has 27 heavy (non-hydrogen) atoms. The second-order valence-electron chi connectivity index (χ2n) is 6.53. The Balaban J connectivity index is 1.68. The molecule has 2 aromatic carbocycles. The number of esters is 2. The molecule has 1 aliphatic rings. The molecule has 0 N–H and O–H groups in total. The second kappa shape index (κ2) is 8.33. The van der Waals surface area contributed by atoms with E-state index in [9.17, 15) is 9.59 Å². The zero-order valence-corrected chi connectivity index (χ0v) is 15.3. The van der Waals surface area contributed by atoms with Gasteiger partial charge in [-0.2, -0.15) is 0 Å². The Morgan fingerprint density at radius 1 is 1.00 bits per heavy atom. The van der Waals surface area contributed by atoms with Crippen LogP contribution in [0.25, 0.3) is 0 Å². The maximum Gasteiger partial charge on any atom is 0.338 e. The maximum atomic E-state index is 12.5. The fourth-order valence-electron chi connectivity index (χ4n) is 2.95. The fourth-order valence-corrected chi connectivity index (χ4v) is 2.95. The van der Waals surface area contributed by atoms with Gasteiger partial charge in [0.25, 0.3) is 0 Å². The van der Waals surface area contributed by atoms with Crippen molar-refractivity contribution in [2.75, 3.05) is 13.7 Å². The third-order valence-electron chi connectivity index (χ3n) is 4.54. The van der Waals surface area contributed by atoms with E-state index in [1.165, 1.54) is 7.11 Å². The lowest BCUT2D eigenvalue weighted by Crippen LogP contribution is -2.43. The molecule has 0 spiro atoms. The first-order valence-electron chi connectivity index (χ1n) is 8.70. The Labute approximate surface area is 158 Å². The van der Waals surface area contributed by atoms with E-state index in [0.717, 1.165) is 0 Å². The SMILES string of the molecule is CO[C@H]1C[C@@](C)(OC(=O)c2ccccc2)[C@@H](COC(=O)c2ccccc2)O1. The van der Waals surface area contributed by atoms with Gasteiger partial charge in [0, 0.05) is 13.5 Å². The van der Waals surface area contributed by atoms with Crippen LogP contribution in [-0.4, -0.2) is 43.7 Å². The van der Waals surface area contributed by atoms with E-state index >= 15 is 0 Å². The van der Waals surface area contributed by atoms with Crippen LogP contribution < -0.4 is 0 Å². The Hall–Kier alpha value is -2.70. The van der Waals surface area contributed by atoms with Gasteiger partial charge in [-0.05, 0) is 31.2 Å². The normalized spacial score (nSPS) is 24.4. The van der Waals surface area contributed by atoms with E-state index in [4.69, 9.17) is 18.9 Å². The topological polar surface area (TPSA) is 71.1 Å². The molecule has 0 unspecified atom stereocenters. The Bertz CT molecular complexity index is 776. The van der Waals surface area contributed by atoms with Crippen LogP contribution in [0.2, 0.25) is 0 Å². The van der Waals surface area contributed by atoms with Crippen LogP contribution in [0.5, 0.6) is 0 Å². The number of rotatable bonds is 6. The van der Waals surface area contributed by atoms with Crippen LogP contribution in [0, 0.1) is 0 Å². The lowest BCUT2D eigenvalue weighted by Gasteiger charge is -2.29. The van der Waals surface area contributed by atoms with Gasteiger partial charge < -0.3 is 18.9 Å². The van der Waals surface area contributed by atoms with Crippen molar-refractivity contribution >= 4 is 11.9 Å². The van der Waals surface area contributed by atoms with E-state index in [1.54, 1.807) is 55.5 Å². The quantitative estimate of drug-likeness (QED) is 0.727. The molecule has 142 valence electrons. The number of benzene rings is 2. The van der Waals surface area contributed by atoms with Gasteiger partial charge in [-0.1, -0.05) is 36.4 Å². The summed E-state index contributed by atoms with van der Waals surface area (Å²) in [5.74, 6) is -0.922. The number of ether oxygens (including phenoxy) is 4. The standard InChI is InChI=1S/C21H22O6/c1-21(27-20(23)16-11-7-4-8-12-16)13-18(24-2)26-17(21)14-25-19(22)15-9-5-3-6-10-15/h3-12,17-18H,13-14H2,1-2H3/t17-,18-,21-/m1/s1. The minimum Gasteiger partial charge on any atom is -0.459 e. The summed E-state index contributed by atoms with van der Waals surface area (Å²) in [6.45, 7) is 1.71. The smallest absolute Gasteiger partial charge is 0.338 e. The summed E-state index contributed by atoms with van der Waals surface area (Å²) in [7, 11) is 1.52. The van der Waals surface area contributed by atoms with Crippen LogP contribution in [0.4, 0.5) is 0 Å². The molecule has 1 fully saturated rings. The molecular weight excluding hydrogens is 348 g/mol. The van der Waals surface area contributed by atoms with E-state index < -0.39 is 29.9 Å². The van der Waals surface area contributed by atoms with Gasteiger partial charge in [0.05, 0.1) is 11.1 Å². The van der Waals surface area contributed by atoms with Gasteiger partial charge in [-0.3, -0.25) is 0 Å². The van der Waals surface area contributed by atoms with Crippen LogP contribution in [0.1, 0.15) is 34.1 Å². The van der Waals surface area contributed by atoms with Crippen LogP contribution >= 0.6 is 0 Å². The fraction of sp³-hybridized carbons (Fsp3) is 0.333. The van der Waals surface area contributed by atoms with Crippen LogP contribution in [0.3, 0.4) is 0 Å². The number of hydrogen-bond acceptors (Lipinski definition) is 6. The summed E-state index contributed by atoms with van der Waals surface area (Å²) in [6, 6.07) is 17.4. The minimum absolute atomic E-state index is 0.0494. The van der Waals surface area contributed by atoms with Gasteiger partial charge in [0.1, 0.15) is 18.3 Å². The highest BCUT2D eigenvalue weighted by atomic mass is 16.7. The zero-order chi connectivity index (χ0) is 19.3. The summed E-state index contributed by atoms with van der Waals surface area (Å²) in [4.78, 5) is 24.7. The van der Waals surface area contributed by atoms with Crippen molar-refractivity contribution in [1.82, 2.24) is 0 Å². The number of methoxy groups -OCH3 is 1. The highest BCUT2D eigenvalue weighted by Gasteiger charge is 2.49. The molecule has 1 heterocycles. The largest absolute Gasteiger partial charge is 0.459 e. The van der Waals surface area contributed by atoms with E-state index in [0.29, 0.717) is 17.5 Å². The zero-order valence-electron chi connectivity index (χ0n) is 15.3. The Morgan fingerprint density at radius 2 is 1.56 bits per heavy atom. The van der Waals surface area contributed by atoms with Crippen molar-refractivity contribution in [1.29, 1.82) is 0 Å². The monoisotopic (exact) mass is 370 g/mol. The number of carbonyl (C=O) groups is 2. The first kappa shape index (κ1) is 19.1. The highest BCUT2D eigenvalue weighted by Crippen LogP contribution is 2.35. The van der Waals surface area contributed by atoms with E-state index in [1.807, 2.05) is 12.1 Å². The first-order chi connectivity index (χ1) is 13.0. The molecule has 0 amide bonds. The van der Waals surface area contributed by atoms with Crippen molar-refractivity contribution in [2.45, 2.75) is 31.3 Å². The number of hydrogen-bond donors (Lipinski definition) is 0. The van der Waals surface area contributed by atoms with Gasteiger partial charge >= 0.3 is 11.9 Å². The molecule has 0 saturated carbocycles. The highest BCUT2D eigenvalue weighted by molar-refractivity contribution is 5.90. The predicted octanol–water partition coefficient (Wildman–Crippen LogP) is 3.22. The average Bonchev–Trinajstić information content (AvgIpc) is 3.02. The molecule has 3 atom stereocenters. The average molecular weight is 370 g/mol. The summed E-state index contributed by atoms with van der Waals surface area (Å²) >= 11 is 0. The minimum atomic E-state index is -0.982.